The van der Waals surface area contributed by atoms with Gasteiger partial charge in [0.15, 0.2) is 0 Å². The molecule has 0 aromatic carbocycles. The van der Waals surface area contributed by atoms with E-state index in [-0.39, 0.29) is 11.8 Å². The first-order valence-corrected chi connectivity index (χ1v) is 7.45. The zero-order chi connectivity index (χ0) is 12.4. The lowest BCUT2D eigenvalue weighted by Gasteiger charge is -2.36. The molecular weight excluding hydrogens is 300 g/mol. The van der Waals surface area contributed by atoms with Crippen LogP contribution in [0.5, 0.6) is 0 Å². The summed E-state index contributed by atoms with van der Waals surface area (Å²) in [5.74, 6) is -0.135. The minimum Gasteiger partial charge on any atom is -0.369 e. The van der Waals surface area contributed by atoms with Gasteiger partial charge in [0, 0.05) is 24.0 Å². The van der Waals surface area contributed by atoms with Gasteiger partial charge in [-0.15, -0.1) is 11.3 Å². The Balaban J connectivity index is 2.00. The molecule has 1 saturated heterocycles. The van der Waals surface area contributed by atoms with Gasteiger partial charge >= 0.3 is 0 Å². The summed E-state index contributed by atoms with van der Waals surface area (Å²) in [7, 11) is 0. The Morgan fingerprint density at radius 1 is 1.59 bits per heavy atom. The third kappa shape index (κ3) is 3.30. The second-order valence-corrected chi connectivity index (χ2v) is 7.21. The smallest absolute Gasteiger partial charge is 0.221 e. The molecule has 1 aromatic rings. The molecule has 2 rings (SSSR count). The minimum atomic E-state index is -0.158. The first-order chi connectivity index (χ1) is 8.06. The van der Waals surface area contributed by atoms with Gasteiger partial charge in [0.05, 0.1) is 9.70 Å². The van der Waals surface area contributed by atoms with Crippen molar-refractivity contribution in [2.75, 3.05) is 6.54 Å². The van der Waals surface area contributed by atoms with Crippen molar-refractivity contribution in [2.45, 2.75) is 32.4 Å². The second-order valence-electron chi connectivity index (χ2n) is 4.66. The summed E-state index contributed by atoms with van der Waals surface area (Å²) >= 11 is 5.22. The molecule has 2 heterocycles. The number of rotatable bonds is 3. The van der Waals surface area contributed by atoms with Gasteiger partial charge in [-0.05, 0) is 47.8 Å². The Morgan fingerprint density at radius 2 is 2.35 bits per heavy atom. The van der Waals surface area contributed by atoms with Gasteiger partial charge in [-0.3, -0.25) is 9.69 Å². The average molecular weight is 317 g/mol. The summed E-state index contributed by atoms with van der Waals surface area (Å²) in [4.78, 5) is 14.9. The monoisotopic (exact) mass is 316 g/mol. The van der Waals surface area contributed by atoms with Crippen molar-refractivity contribution in [2.24, 2.45) is 11.7 Å². The van der Waals surface area contributed by atoms with Crippen LogP contribution in [0.15, 0.2) is 15.9 Å². The zero-order valence-electron chi connectivity index (χ0n) is 9.86. The maximum atomic E-state index is 11.3. The number of amides is 1. The van der Waals surface area contributed by atoms with Crippen LogP contribution in [0.1, 0.15) is 24.6 Å². The van der Waals surface area contributed by atoms with Gasteiger partial charge in [-0.25, -0.2) is 0 Å². The van der Waals surface area contributed by atoms with Gasteiger partial charge in [0.25, 0.3) is 0 Å². The molecule has 1 aliphatic rings. The fourth-order valence-corrected chi connectivity index (χ4v) is 3.78. The number of nitrogens with two attached hydrogens (primary N) is 1. The topological polar surface area (TPSA) is 46.3 Å². The molecule has 5 heteroatoms. The van der Waals surface area contributed by atoms with Crippen LogP contribution in [0.25, 0.3) is 0 Å². The Bertz CT molecular complexity index is 407. The summed E-state index contributed by atoms with van der Waals surface area (Å²) in [6.07, 6.45) is 1.99. The van der Waals surface area contributed by atoms with E-state index in [0.717, 1.165) is 29.7 Å². The number of thiophene rings is 1. The number of nitrogens with zero attached hydrogens (tertiary/aromatic N) is 1. The van der Waals surface area contributed by atoms with Crippen LogP contribution >= 0.6 is 27.3 Å². The SMILES string of the molecule is CC1CCC(C(N)=O)CN1Cc1ccc(Br)s1. The van der Waals surface area contributed by atoms with E-state index in [1.807, 2.05) is 0 Å². The number of carbonyl (C=O) groups excluding carboxylic acids is 1. The molecule has 1 fully saturated rings. The molecule has 2 N–H and O–H groups in total. The normalized spacial score (nSPS) is 26.0. The van der Waals surface area contributed by atoms with E-state index in [4.69, 9.17) is 5.73 Å². The Morgan fingerprint density at radius 3 is 2.94 bits per heavy atom. The Labute approximate surface area is 114 Å². The number of likely N-dealkylation sites (tertiary alicyclic amines) is 1. The van der Waals surface area contributed by atoms with E-state index < -0.39 is 0 Å². The highest BCUT2D eigenvalue weighted by Crippen LogP contribution is 2.27. The maximum absolute atomic E-state index is 11.3. The molecule has 2 atom stereocenters. The summed E-state index contributed by atoms with van der Waals surface area (Å²) in [5, 5.41) is 0. The summed E-state index contributed by atoms with van der Waals surface area (Å²) in [6, 6.07) is 4.74. The molecule has 0 spiro atoms. The molecule has 1 amide bonds. The highest BCUT2D eigenvalue weighted by Gasteiger charge is 2.28. The summed E-state index contributed by atoms with van der Waals surface area (Å²) in [6.45, 7) is 3.94. The van der Waals surface area contributed by atoms with Gasteiger partial charge < -0.3 is 5.73 Å². The Kier molecular flexibility index (Phi) is 4.22. The van der Waals surface area contributed by atoms with Crippen LogP contribution in [0.2, 0.25) is 0 Å². The first-order valence-electron chi connectivity index (χ1n) is 5.84. The molecule has 1 aliphatic heterocycles. The Hall–Kier alpha value is -0.390. The molecule has 0 aliphatic carbocycles. The van der Waals surface area contributed by atoms with Crippen LogP contribution < -0.4 is 5.73 Å². The van der Waals surface area contributed by atoms with Crippen molar-refractivity contribution in [1.82, 2.24) is 4.90 Å². The number of hydrogen-bond donors (Lipinski definition) is 1. The van der Waals surface area contributed by atoms with Crippen LogP contribution in [0.4, 0.5) is 0 Å². The van der Waals surface area contributed by atoms with E-state index in [0.29, 0.717) is 6.04 Å². The lowest BCUT2D eigenvalue weighted by molar-refractivity contribution is -0.124. The third-order valence-corrected chi connectivity index (χ3v) is 5.01. The van der Waals surface area contributed by atoms with Crippen molar-refractivity contribution in [3.8, 4) is 0 Å². The van der Waals surface area contributed by atoms with Crippen LogP contribution in [-0.2, 0) is 11.3 Å². The van der Waals surface area contributed by atoms with E-state index in [2.05, 4.69) is 39.9 Å². The van der Waals surface area contributed by atoms with Crippen molar-refractivity contribution in [3.63, 3.8) is 0 Å². The summed E-state index contributed by atoms with van der Waals surface area (Å²) < 4.78 is 1.16. The number of halogens is 1. The molecule has 17 heavy (non-hydrogen) atoms. The van der Waals surface area contributed by atoms with E-state index in [9.17, 15) is 4.79 Å². The first kappa shape index (κ1) is 13.1. The molecule has 0 bridgehead atoms. The molecule has 0 saturated carbocycles. The number of carbonyl (C=O) groups is 1. The second kappa shape index (κ2) is 5.50. The van der Waals surface area contributed by atoms with Crippen molar-refractivity contribution in [1.29, 1.82) is 0 Å². The van der Waals surface area contributed by atoms with E-state index >= 15 is 0 Å². The fraction of sp³-hybridized carbons (Fsp3) is 0.583. The van der Waals surface area contributed by atoms with Gasteiger partial charge in [0.2, 0.25) is 5.91 Å². The van der Waals surface area contributed by atoms with Crippen molar-refractivity contribution < 1.29 is 4.79 Å². The third-order valence-electron chi connectivity index (χ3n) is 3.40. The maximum Gasteiger partial charge on any atom is 0.221 e. The molecule has 2 unspecified atom stereocenters. The largest absolute Gasteiger partial charge is 0.369 e. The predicted molar refractivity (Wildman–Crippen MR) is 73.8 cm³/mol. The van der Waals surface area contributed by atoms with E-state index in [1.54, 1.807) is 11.3 Å². The standard InChI is InChI=1S/C12H17BrN2OS/c1-8-2-3-9(12(14)16)6-15(8)7-10-4-5-11(13)17-10/h4-5,8-9H,2-3,6-7H2,1H3,(H2,14,16). The highest BCUT2D eigenvalue weighted by molar-refractivity contribution is 9.11. The summed E-state index contributed by atoms with van der Waals surface area (Å²) in [5.41, 5.74) is 5.40. The quantitative estimate of drug-likeness (QED) is 0.931. The van der Waals surface area contributed by atoms with Gasteiger partial charge in [-0.1, -0.05) is 0 Å². The zero-order valence-corrected chi connectivity index (χ0v) is 12.3. The molecule has 3 nitrogen and oxygen atoms in total. The van der Waals surface area contributed by atoms with Crippen molar-refractivity contribution in [3.05, 3.63) is 20.8 Å². The van der Waals surface area contributed by atoms with Gasteiger partial charge in [0.1, 0.15) is 0 Å². The number of piperidine rings is 1. The molecular formula is C12H17BrN2OS. The van der Waals surface area contributed by atoms with Gasteiger partial charge in [-0.2, -0.15) is 0 Å². The fourth-order valence-electron chi connectivity index (χ4n) is 2.27. The highest BCUT2D eigenvalue weighted by atomic mass is 79.9. The molecule has 1 aromatic heterocycles. The van der Waals surface area contributed by atoms with Crippen LogP contribution in [-0.4, -0.2) is 23.4 Å². The lowest BCUT2D eigenvalue weighted by atomic mass is 9.93. The number of primary amides is 1. The molecule has 0 radical (unpaired) electrons. The van der Waals surface area contributed by atoms with Crippen LogP contribution in [0.3, 0.4) is 0 Å². The lowest BCUT2D eigenvalue weighted by Crippen LogP contribution is -2.45. The average Bonchev–Trinajstić information content (AvgIpc) is 2.67. The minimum absolute atomic E-state index is 0.0228. The van der Waals surface area contributed by atoms with Crippen molar-refractivity contribution >= 4 is 33.2 Å². The predicted octanol–water partition coefficient (Wildman–Crippen LogP) is 2.60. The number of hydrogen-bond acceptors (Lipinski definition) is 3. The molecule has 94 valence electrons. The van der Waals surface area contributed by atoms with Crippen LogP contribution in [0, 0.1) is 5.92 Å². The van der Waals surface area contributed by atoms with E-state index in [1.165, 1.54) is 4.88 Å².